The van der Waals surface area contributed by atoms with Crippen molar-refractivity contribution < 1.29 is 14.7 Å². The van der Waals surface area contributed by atoms with E-state index >= 15 is 0 Å². The van der Waals surface area contributed by atoms with Gasteiger partial charge in [0.15, 0.2) is 5.78 Å². The van der Waals surface area contributed by atoms with Crippen LogP contribution in [-0.4, -0.2) is 61.0 Å². The summed E-state index contributed by atoms with van der Waals surface area (Å²) in [5.74, 6) is -0.415. The maximum Gasteiger partial charge on any atom is 0.250 e. The average molecular weight is 381 g/mol. The molecule has 0 saturated carbocycles. The number of Topliss-reactive ketones (excluding diaryl/α,β-unsaturated/α-hetero) is 1. The standard InChI is InChI=1S/C22H27N3O3/c26-17-22(28)23-19-7-4-6-18(16-19)21(27)10-5-11-24-12-14-25(15-13-24)20-8-2-1-3-9-20/h1-4,6-9,16,26H,5,10-15,17H2,(H,23,28). The number of piperazine rings is 1. The van der Waals surface area contributed by atoms with E-state index in [0.717, 1.165) is 39.1 Å². The summed E-state index contributed by atoms with van der Waals surface area (Å²) in [6.45, 7) is 4.36. The highest BCUT2D eigenvalue weighted by Crippen LogP contribution is 2.17. The van der Waals surface area contributed by atoms with Gasteiger partial charge in [0.25, 0.3) is 0 Å². The Balaban J connectivity index is 1.41. The Morgan fingerprint density at radius 1 is 0.964 bits per heavy atom. The van der Waals surface area contributed by atoms with Crippen molar-refractivity contribution in [3.05, 3.63) is 60.2 Å². The van der Waals surface area contributed by atoms with E-state index in [1.54, 1.807) is 24.3 Å². The Kier molecular flexibility index (Phi) is 7.17. The Morgan fingerprint density at radius 3 is 2.43 bits per heavy atom. The molecule has 2 aromatic rings. The van der Waals surface area contributed by atoms with E-state index in [1.807, 2.05) is 6.07 Å². The van der Waals surface area contributed by atoms with Gasteiger partial charge < -0.3 is 15.3 Å². The zero-order valence-corrected chi connectivity index (χ0v) is 16.0. The van der Waals surface area contributed by atoms with Crippen molar-refractivity contribution in [1.29, 1.82) is 0 Å². The summed E-state index contributed by atoms with van der Waals surface area (Å²) >= 11 is 0. The van der Waals surface area contributed by atoms with Gasteiger partial charge in [-0.2, -0.15) is 0 Å². The zero-order valence-electron chi connectivity index (χ0n) is 16.0. The molecule has 0 aromatic heterocycles. The lowest BCUT2D eigenvalue weighted by atomic mass is 10.1. The van der Waals surface area contributed by atoms with Gasteiger partial charge in [0, 0.05) is 49.5 Å². The molecule has 28 heavy (non-hydrogen) atoms. The molecule has 1 aliphatic heterocycles. The van der Waals surface area contributed by atoms with E-state index < -0.39 is 12.5 Å². The van der Waals surface area contributed by atoms with Crippen LogP contribution in [0, 0.1) is 0 Å². The number of hydrogen-bond donors (Lipinski definition) is 2. The third-order valence-corrected chi connectivity index (χ3v) is 4.98. The van der Waals surface area contributed by atoms with E-state index in [-0.39, 0.29) is 5.78 Å². The summed E-state index contributed by atoms with van der Waals surface area (Å²) in [6.07, 6.45) is 1.30. The van der Waals surface area contributed by atoms with Crippen LogP contribution in [0.4, 0.5) is 11.4 Å². The molecule has 148 valence electrons. The maximum atomic E-state index is 12.4. The fourth-order valence-corrected chi connectivity index (χ4v) is 3.45. The number of para-hydroxylation sites is 1. The predicted molar refractivity (Wildman–Crippen MR) is 111 cm³/mol. The van der Waals surface area contributed by atoms with Gasteiger partial charge in [0.2, 0.25) is 5.91 Å². The number of carbonyl (C=O) groups excluding carboxylic acids is 2. The van der Waals surface area contributed by atoms with Crippen LogP contribution >= 0.6 is 0 Å². The minimum absolute atomic E-state index is 0.0722. The first-order valence-corrected chi connectivity index (χ1v) is 9.72. The molecule has 1 aliphatic rings. The second-order valence-corrected chi connectivity index (χ2v) is 6.98. The number of aliphatic hydroxyl groups is 1. The molecule has 0 bridgehead atoms. The number of ketones is 1. The molecular formula is C22H27N3O3. The quantitative estimate of drug-likeness (QED) is 0.687. The Bertz CT molecular complexity index is 787. The monoisotopic (exact) mass is 381 g/mol. The SMILES string of the molecule is O=C(CO)Nc1cccc(C(=O)CCCN2CCN(c3ccccc3)CC2)c1. The van der Waals surface area contributed by atoms with E-state index in [1.165, 1.54) is 5.69 Å². The molecule has 3 rings (SSSR count). The highest BCUT2D eigenvalue weighted by atomic mass is 16.3. The van der Waals surface area contributed by atoms with Crippen LogP contribution in [0.25, 0.3) is 0 Å². The fraction of sp³-hybridized carbons (Fsp3) is 0.364. The number of nitrogens with zero attached hydrogens (tertiary/aromatic N) is 2. The van der Waals surface area contributed by atoms with Gasteiger partial charge >= 0.3 is 0 Å². The number of rotatable bonds is 8. The number of carbonyl (C=O) groups is 2. The second kappa shape index (κ2) is 10.0. The second-order valence-electron chi connectivity index (χ2n) is 6.98. The third-order valence-electron chi connectivity index (χ3n) is 4.98. The summed E-state index contributed by atoms with van der Waals surface area (Å²) in [5, 5.41) is 11.4. The predicted octanol–water partition coefficient (Wildman–Crippen LogP) is 2.40. The zero-order chi connectivity index (χ0) is 19.8. The first kappa shape index (κ1) is 20.0. The number of benzene rings is 2. The van der Waals surface area contributed by atoms with Gasteiger partial charge in [-0.05, 0) is 37.2 Å². The van der Waals surface area contributed by atoms with Crippen LogP contribution in [0.1, 0.15) is 23.2 Å². The lowest BCUT2D eigenvalue weighted by Crippen LogP contribution is -2.46. The molecule has 1 fully saturated rings. The molecule has 0 radical (unpaired) electrons. The van der Waals surface area contributed by atoms with Crippen molar-refractivity contribution in [2.45, 2.75) is 12.8 Å². The lowest BCUT2D eigenvalue weighted by Gasteiger charge is -2.36. The Hall–Kier alpha value is -2.70. The normalized spacial score (nSPS) is 14.7. The van der Waals surface area contributed by atoms with Crippen molar-refractivity contribution in [2.75, 3.05) is 49.5 Å². The van der Waals surface area contributed by atoms with Crippen molar-refractivity contribution >= 4 is 23.1 Å². The Labute approximate surface area is 165 Å². The van der Waals surface area contributed by atoms with Crippen LogP contribution in [0.2, 0.25) is 0 Å². The van der Waals surface area contributed by atoms with Crippen molar-refractivity contribution in [3.63, 3.8) is 0 Å². The first-order chi connectivity index (χ1) is 13.7. The smallest absolute Gasteiger partial charge is 0.250 e. The van der Waals surface area contributed by atoms with Crippen LogP contribution in [0.3, 0.4) is 0 Å². The number of anilines is 2. The number of aliphatic hydroxyl groups excluding tert-OH is 1. The molecule has 1 heterocycles. The minimum Gasteiger partial charge on any atom is -0.387 e. The van der Waals surface area contributed by atoms with Gasteiger partial charge in [0.05, 0.1) is 0 Å². The van der Waals surface area contributed by atoms with Crippen molar-refractivity contribution in [1.82, 2.24) is 4.90 Å². The average Bonchev–Trinajstić information content (AvgIpc) is 2.75. The molecule has 2 N–H and O–H groups in total. The molecule has 0 atom stereocenters. The minimum atomic E-state index is -0.574. The van der Waals surface area contributed by atoms with Gasteiger partial charge in [-0.3, -0.25) is 14.5 Å². The Morgan fingerprint density at radius 2 is 1.71 bits per heavy atom. The number of hydrogen-bond acceptors (Lipinski definition) is 5. The van der Waals surface area contributed by atoms with Crippen LogP contribution in [0.5, 0.6) is 0 Å². The van der Waals surface area contributed by atoms with Crippen molar-refractivity contribution in [2.24, 2.45) is 0 Å². The summed E-state index contributed by atoms with van der Waals surface area (Å²) in [7, 11) is 0. The van der Waals surface area contributed by atoms with Crippen molar-refractivity contribution in [3.8, 4) is 0 Å². The van der Waals surface area contributed by atoms with Crippen LogP contribution in [0.15, 0.2) is 54.6 Å². The lowest BCUT2D eigenvalue weighted by molar-refractivity contribution is -0.118. The molecule has 2 aromatic carbocycles. The summed E-state index contributed by atoms with van der Waals surface area (Å²) in [4.78, 5) is 28.5. The molecule has 6 heteroatoms. The third kappa shape index (κ3) is 5.65. The molecule has 0 spiro atoms. The van der Waals surface area contributed by atoms with Gasteiger partial charge in [-0.25, -0.2) is 0 Å². The topological polar surface area (TPSA) is 72.9 Å². The van der Waals surface area contributed by atoms with Gasteiger partial charge in [0.1, 0.15) is 6.61 Å². The van der Waals surface area contributed by atoms with E-state index in [0.29, 0.717) is 17.7 Å². The fourth-order valence-electron chi connectivity index (χ4n) is 3.45. The largest absolute Gasteiger partial charge is 0.387 e. The molecule has 1 saturated heterocycles. The van der Waals surface area contributed by atoms with E-state index in [9.17, 15) is 9.59 Å². The summed E-state index contributed by atoms with van der Waals surface area (Å²) in [6, 6.07) is 17.3. The maximum absolute atomic E-state index is 12.4. The molecule has 0 aliphatic carbocycles. The molecule has 1 amide bonds. The van der Waals surface area contributed by atoms with E-state index in [4.69, 9.17) is 5.11 Å². The number of amides is 1. The molecule has 0 unspecified atom stereocenters. The highest BCUT2D eigenvalue weighted by molar-refractivity contribution is 5.98. The van der Waals surface area contributed by atoms with Crippen LogP contribution < -0.4 is 10.2 Å². The summed E-state index contributed by atoms with van der Waals surface area (Å²) in [5.41, 5.74) is 2.39. The number of nitrogens with one attached hydrogen (secondary N) is 1. The molecular weight excluding hydrogens is 354 g/mol. The first-order valence-electron chi connectivity index (χ1n) is 9.72. The van der Waals surface area contributed by atoms with Gasteiger partial charge in [-0.1, -0.05) is 30.3 Å². The molecule has 6 nitrogen and oxygen atoms in total. The summed E-state index contributed by atoms with van der Waals surface area (Å²) < 4.78 is 0. The van der Waals surface area contributed by atoms with Crippen LogP contribution in [-0.2, 0) is 4.79 Å². The van der Waals surface area contributed by atoms with E-state index in [2.05, 4.69) is 39.4 Å². The van der Waals surface area contributed by atoms with Gasteiger partial charge in [-0.15, -0.1) is 0 Å². The highest BCUT2D eigenvalue weighted by Gasteiger charge is 2.17.